The lowest BCUT2D eigenvalue weighted by Crippen LogP contribution is -2.24. The molecule has 0 saturated heterocycles. The second-order valence-electron chi connectivity index (χ2n) is 7.92. The normalized spacial score (nSPS) is 10.8. The van der Waals surface area contributed by atoms with Crippen molar-refractivity contribution in [1.82, 2.24) is 20.1 Å². The number of nitrogens with one attached hydrogen (secondary N) is 2. The van der Waals surface area contributed by atoms with E-state index in [1.54, 1.807) is 13.1 Å². The zero-order chi connectivity index (χ0) is 22.7. The highest BCUT2D eigenvalue weighted by Gasteiger charge is 2.19. The van der Waals surface area contributed by atoms with Gasteiger partial charge in [-0.3, -0.25) is 14.3 Å². The number of H-pyrrole nitrogens is 1. The molecule has 0 atom stereocenters. The van der Waals surface area contributed by atoms with Gasteiger partial charge in [0.2, 0.25) is 0 Å². The Morgan fingerprint density at radius 2 is 1.78 bits per heavy atom. The van der Waals surface area contributed by atoms with Crippen LogP contribution in [-0.4, -0.2) is 26.5 Å². The van der Waals surface area contributed by atoms with Crippen LogP contribution in [-0.2, 0) is 13.1 Å². The minimum Gasteiger partial charge on any atom is -0.354 e. The highest BCUT2D eigenvalue weighted by atomic mass is 16.2. The van der Waals surface area contributed by atoms with Crippen molar-refractivity contribution in [1.29, 1.82) is 0 Å². The smallest absolute Gasteiger partial charge is 0.268 e. The summed E-state index contributed by atoms with van der Waals surface area (Å²) in [7, 11) is 0. The maximum Gasteiger partial charge on any atom is 0.268 e. The Kier molecular flexibility index (Phi) is 6.03. The zero-order valence-electron chi connectivity index (χ0n) is 18.5. The summed E-state index contributed by atoms with van der Waals surface area (Å²) in [4.78, 5) is 27.7. The molecule has 0 aliphatic heterocycles. The molecule has 0 radical (unpaired) electrons. The van der Waals surface area contributed by atoms with Crippen LogP contribution in [0.2, 0.25) is 0 Å². The summed E-state index contributed by atoms with van der Waals surface area (Å²) < 4.78 is 1.89. The quantitative estimate of drug-likeness (QED) is 0.421. The second kappa shape index (κ2) is 9.06. The highest BCUT2D eigenvalue weighted by Crippen LogP contribution is 2.25. The molecule has 0 unspecified atom stereocenters. The van der Waals surface area contributed by atoms with E-state index in [-0.39, 0.29) is 11.7 Å². The first-order valence-electron chi connectivity index (χ1n) is 10.6. The van der Waals surface area contributed by atoms with Gasteiger partial charge < -0.3 is 10.3 Å². The van der Waals surface area contributed by atoms with Crippen LogP contribution in [0.4, 0.5) is 0 Å². The lowest BCUT2D eigenvalue weighted by Gasteiger charge is -2.12. The van der Waals surface area contributed by atoms with Crippen molar-refractivity contribution in [3.63, 3.8) is 0 Å². The molecular formula is C26H26N4O2. The van der Waals surface area contributed by atoms with Gasteiger partial charge in [0.05, 0.1) is 6.54 Å². The van der Waals surface area contributed by atoms with Gasteiger partial charge in [-0.1, -0.05) is 48.5 Å². The van der Waals surface area contributed by atoms with Gasteiger partial charge in [0, 0.05) is 30.2 Å². The number of benzene rings is 2. The lowest BCUT2D eigenvalue weighted by atomic mass is 9.98. The Morgan fingerprint density at radius 1 is 1.03 bits per heavy atom. The Hall–Kier alpha value is -3.93. The van der Waals surface area contributed by atoms with E-state index >= 15 is 0 Å². The van der Waals surface area contributed by atoms with Gasteiger partial charge in [0.25, 0.3) is 5.91 Å². The third-order valence-electron chi connectivity index (χ3n) is 5.64. The standard InChI is InChI=1S/C26H26N4O2/c1-17-24(19(3)31)18(2)29-25(17)26(32)27-15-22-7-4-5-8-23(22)21-11-9-20(10-12-21)16-30-14-6-13-28-30/h4-14,29H,15-16H2,1-3H3,(H,27,32). The van der Waals surface area contributed by atoms with Crippen LogP contribution in [0.5, 0.6) is 0 Å². The average Bonchev–Trinajstić information content (AvgIpc) is 3.40. The molecule has 2 heterocycles. The van der Waals surface area contributed by atoms with Crippen LogP contribution >= 0.6 is 0 Å². The number of aromatic nitrogens is 3. The van der Waals surface area contributed by atoms with Gasteiger partial charge in [0.15, 0.2) is 5.78 Å². The number of Topliss-reactive ketones (excluding diaryl/α,β-unsaturated/α-hetero) is 1. The molecule has 0 fully saturated rings. The monoisotopic (exact) mass is 426 g/mol. The zero-order valence-corrected chi connectivity index (χ0v) is 18.5. The van der Waals surface area contributed by atoms with Crippen LogP contribution in [0.3, 0.4) is 0 Å². The molecule has 4 rings (SSSR count). The van der Waals surface area contributed by atoms with Crippen molar-refractivity contribution in [2.45, 2.75) is 33.9 Å². The average molecular weight is 427 g/mol. The molecule has 4 aromatic rings. The van der Waals surface area contributed by atoms with Gasteiger partial charge in [-0.25, -0.2) is 0 Å². The predicted octanol–water partition coefficient (Wildman–Crippen LogP) is 4.68. The first-order valence-corrected chi connectivity index (χ1v) is 10.6. The first kappa shape index (κ1) is 21.3. The van der Waals surface area contributed by atoms with Crippen molar-refractivity contribution < 1.29 is 9.59 Å². The fourth-order valence-electron chi connectivity index (χ4n) is 4.10. The summed E-state index contributed by atoms with van der Waals surface area (Å²) in [6, 6.07) is 18.3. The Labute approximate surface area is 187 Å². The molecule has 0 aliphatic carbocycles. The summed E-state index contributed by atoms with van der Waals surface area (Å²) in [5.74, 6) is -0.265. The van der Waals surface area contributed by atoms with Crippen LogP contribution in [0.1, 0.15) is 50.2 Å². The van der Waals surface area contributed by atoms with E-state index in [2.05, 4.69) is 45.7 Å². The molecule has 0 spiro atoms. The number of hydrogen-bond acceptors (Lipinski definition) is 3. The molecule has 6 heteroatoms. The van der Waals surface area contributed by atoms with E-state index < -0.39 is 0 Å². The summed E-state index contributed by atoms with van der Waals surface area (Å²) >= 11 is 0. The third-order valence-corrected chi connectivity index (χ3v) is 5.64. The molecule has 2 N–H and O–H groups in total. The van der Waals surface area contributed by atoms with Crippen LogP contribution in [0.15, 0.2) is 67.0 Å². The molecule has 6 nitrogen and oxygen atoms in total. The predicted molar refractivity (Wildman–Crippen MR) is 125 cm³/mol. The van der Waals surface area contributed by atoms with E-state index in [4.69, 9.17) is 0 Å². The molecule has 2 aromatic heterocycles. The Balaban J connectivity index is 1.50. The molecule has 0 saturated carbocycles. The summed E-state index contributed by atoms with van der Waals surface area (Å²) in [5.41, 5.74) is 6.78. The summed E-state index contributed by atoms with van der Waals surface area (Å²) in [6.07, 6.45) is 3.72. The fourth-order valence-corrected chi connectivity index (χ4v) is 4.10. The van der Waals surface area contributed by atoms with Crippen LogP contribution < -0.4 is 5.32 Å². The number of amides is 1. The molecule has 0 aliphatic rings. The number of carbonyl (C=O) groups is 2. The largest absolute Gasteiger partial charge is 0.354 e. The summed E-state index contributed by atoms with van der Waals surface area (Å²) in [6.45, 7) is 6.24. The van der Waals surface area contributed by atoms with E-state index in [1.807, 2.05) is 42.1 Å². The first-order chi connectivity index (χ1) is 15.4. The van der Waals surface area contributed by atoms with E-state index in [1.165, 1.54) is 12.5 Å². The van der Waals surface area contributed by atoms with Gasteiger partial charge in [-0.15, -0.1) is 0 Å². The maximum absolute atomic E-state index is 12.8. The van der Waals surface area contributed by atoms with Gasteiger partial charge in [-0.05, 0) is 54.7 Å². The van der Waals surface area contributed by atoms with Gasteiger partial charge in [-0.2, -0.15) is 5.10 Å². The van der Waals surface area contributed by atoms with E-state index in [0.29, 0.717) is 23.4 Å². The molecular weight excluding hydrogens is 400 g/mol. The van der Waals surface area contributed by atoms with Gasteiger partial charge >= 0.3 is 0 Å². The van der Waals surface area contributed by atoms with Crippen molar-refractivity contribution in [3.8, 4) is 11.1 Å². The molecule has 0 bridgehead atoms. The van der Waals surface area contributed by atoms with Crippen molar-refractivity contribution in [2.75, 3.05) is 0 Å². The topological polar surface area (TPSA) is 79.8 Å². The minimum atomic E-state index is -0.220. The van der Waals surface area contributed by atoms with Crippen LogP contribution in [0, 0.1) is 13.8 Å². The number of rotatable bonds is 7. The molecule has 32 heavy (non-hydrogen) atoms. The Bertz CT molecular complexity index is 1250. The number of ketones is 1. The number of aryl methyl sites for hydroxylation is 1. The van der Waals surface area contributed by atoms with Crippen molar-refractivity contribution in [3.05, 3.63) is 101 Å². The number of aromatic amines is 1. The second-order valence-corrected chi connectivity index (χ2v) is 7.92. The van der Waals surface area contributed by atoms with Crippen LogP contribution in [0.25, 0.3) is 11.1 Å². The fraction of sp³-hybridized carbons (Fsp3) is 0.192. The lowest BCUT2D eigenvalue weighted by molar-refractivity contribution is 0.0945. The van der Waals surface area contributed by atoms with E-state index in [9.17, 15) is 9.59 Å². The minimum absolute atomic E-state index is 0.0448. The SMILES string of the molecule is CC(=O)c1c(C)[nH]c(C(=O)NCc2ccccc2-c2ccc(Cn3cccn3)cc2)c1C. The number of carbonyl (C=O) groups excluding carboxylic acids is 2. The molecule has 162 valence electrons. The number of hydrogen-bond donors (Lipinski definition) is 2. The van der Waals surface area contributed by atoms with Gasteiger partial charge in [0.1, 0.15) is 5.69 Å². The molecule has 1 amide bonds. The third kappa shape index (κ3) is 4.39. The summed E-state index contributed by atoms with van der Waals surface area (Å²) in [5, 5.41) is 7.24. The van der Waals surface area contributed by atoms with E-state index in [0.717, 1.165) is 28.9 Å². The maximum atomic E-state index is 12.8. The Morgan fingerprint density at radius 3 is 2.44 bits per heavy atom. The van der Waals surface area contributed by atoms with Crippen molar-refractivity contribution >= 4 is 11.7 Å². The highest BCUT2D eigenvalue weighted by molar-refractivity contribution is 6.02. The number of nitrogens with zero attached hydrogens (tertiary/aromatic N) is 2. The molecule has 2 aromatic carbocycles. The van der Waals surface area contributed by atoms with Crippen molar-refractivity contribution in [2.24, 2.45) is 0 Å².